The second kappa shape index (κ2) is 10.2. The van der Waals surface area contributed by atoms with Gasteiger partial charge in [-0.25, -0.2) is 0 Å². The molecule has 152 valence electrons. The molecule has 0 nitrogen and oxygen atoms in total. The first-order valence-electron chi connectivity index (χ1n) is 10.3. The summed E-state index contributed by atoms with van der Waals surface area (Å²) in [4.78, 5) is 2.78. The average molecular weight is 453 g/mol. The zero-order chi connectivity index (χ0) is 20.7. The van der Waals surface area contributed by atoms with Gasteiger partial charge in [0.05, 0.1) is 16.1 Å². The summed E-state index contributed by atoms with van der Waals surface area (Å²) in [5.74, 6) is 0. The highest BCUT2D eigenvalue weighted by molar-refractivity contribution is 8.01. The minimum Gasteiger partial charge on any atom is -0.129 e. The Morgan fingerprint density at radius 3 is 1.90 bits per heavy atom. The molecule has 0 bridgehead atoms. The molecule has 29 heavy (non-hydrogen) atoms. The fourth-order valence-corrected chi connectivity index (χ4v) is 14.1. The van der Waals surface area contributed by atoms with Crippen LogP contribution in [0, 0.1) is 0 Å². The van der Waals surface area contributed by atoms with Crippen LogP contribution in [0.1, 0.15) is 6.42 Å². The summed E-state index contributed by atoms with van der Waals surface area (Å²) in [5, 5.41) is 4.17. The van der Waals surface area contributed by atoms with Gasteiger partial charge in [0.1, 0.15) is 0 Å². The van der Waals surface area contributed by atoms with Crippen molar-refractivity contribution in [1.29, 1.82) is 0 Å². The maximum Gasteiger partial charge on any atom is 0.0902 e. The molecule has 3 rings (SSSR count). The van der Waals surface area contributed by atoms with Gasteiger partial charge in [-0.1, -0.05) is 91.7 Å². The van der Waals surface area contributed by atoms with Gasteiger partial charge in [0.2, 0.25) is 0 Å². The SMILES string of the molecule is C[Si](C)(/C=C(\C1=CC=CC1)[Si](C)(C)CSc1ccccc1)CSc1ccccc1. The quantitative estimate of drug-likeness (QED) is 0.279. The first kappa shape index (κ1) is 22.5. The largest absolute Gasteiger partial charge is 0.129 e. The molecule has 0 saturated heterocycles. The molecule has 0 atom stereocenters. The third-order valence-electron chi connectivity index (χ3n) is 5.08. The Morgan fingerprint density at radius 2 is 1.38 bits per heavy atom. The van der Waals surface area contributed by atoms with Crippen molar-refractivity contribution in [2.75, 3.05) is 10.8 Å². The van der Waals surface area contributed by atoms with E-state index in [2.05, 4.69) is 111 Å². The Bertz CT molecular complexity index is 882. The van der Waals surface area contributed by atoms with E-state index in [0.717, 1.165) is 6.42 Å². The molecule has 2 aromatic carbocycles. The Kier molecular flexibility index (Phi) is 7.91. The molecule has 1 aliphatic rings. The Hall–Kier alpha value is -1.21. The Morgan fingerprint density at radius 1 is 0.828 bits per heavy atom. The minimum absolute atomic E-state index is 1.11. The van der Waals surface area contributed by atoms with E-state index < -0.39 is 16.1 Å². The second-order valence-electron chi connectivity index (χ2n) is 8.96. The summed E-state index contributed by atoms with van der Waals surface area (Å²) in [6, 6.07) is 21.7. The molecular formula is C25H32S2Si2. The summed E-state index contributed by atoms with van der Waals surface area (Å²) in [5.41, 5.74) is 4.32. The van der Waals surface area contributed by atoms with Crippen molar-refractivity contribution in [3.05, 3.63) is 95.4 Å². The van der Waals surface area contributed by atoms with Crippen molar-refractivity contribution >= 4 is 39.7 Å². The van der Waals surface area contributed by atoms with E-state index >= 15 is 0 Å². The average Bonchev–Trinajstić information content (AvgIpc) is 3.25. The predicted octanol–water partition coefficient (Wildman–Crippen LogP) is 7.96. The maximum absolute atomic E-state index is 2.75. The van der Waals surface area contributed by atoms with E-state index in [9.17, 15) is 0 Å². The second-order valence-corrected chi connectivity index (χ2v) is 21.4. The van der Waals surface area contributed by atoms with E-state index in [1.54, 1.807) is 10.8 Å². The molecule has 0 radical (unpaired) electrons. The molecule has 4 heteroatoms. The van der Waals surface area contributed by atoms with Crippen LogP contribution in [0.15, 0.2) is 105 Å². The molecule has 0 aromatic heterocycles. The molecule has 0 spiro atoms. The number of benzene rings is 2. The van der Waals surface area contributed by atoms with Crippen LogP contribution < -0.4 is 0 Å². The van der Waals surface area contributed by atoms with E-state index in [4.69, 9.17) is 0 Å². The molecule has 2 aromatic rings. The van der Waals surface area contributed by atoms with Crippen molar-refractivity contribution in [2.45, 2.75) is 42.4 Å². The van der Waals surface area contributed by atoms with Gasteiger partial charge >= 0.3 is 0 Å². The maximum atomic E-state index is 2.75. The van der Waals surface area contributed by atoms with Crippen molar-refractivity contribution in [1.82, 2.24) is 0 Å². The van der Waals surface area contributed by atoms with Crippen molar-refractivity contribution in [3.8, 4) is 0 Å². The summed E-state index contributed by atoms with van der Waals surface area (Å²) in [6.45, 7) is 10.2. The molecule has 0 aliphatic heterocycles. The van der Waals surface area contributed by atoms with Crippen LogP contribution in [0.2, 0.25) is 26.2 Å². The molecular weight excluding hydrogens is 421 g/mol. The van der Waals surface area contributed by atoms with Crippen LogP contribution in [0.4, 0.5) is 0 Å². The van der Waals surface area contributed by atoms with E-state index in [1.807, 2.05) is 23.5 Å². The van der Waals surface area contributed by atoms with Gasteiger partial charge in [-0.15, -0.1) is 23.5 Å². The van der Waals surface area contributed by atoms with Crippen molar-refractivity contribution in [2.24, 2.45) is 0 Å². The third kappa shape index (κ3) is 6.92. The lowest BCUT2D eigenvalue weighted by atomic mass is 10.2. The normalized spacial score (nSPS) is 14.9. The van der Waals surface area contributed by atoms with Crippen LogP contribution in [0.3, 0.4) is 0 Å². The highest BCUT2D eigenvalue weighted by atomic mass is 32.2. The predicted molar refractivity (Wildman–Crippen MR) is 139 cm³/mol. The topological polar surface area (TPSA) is 0 Å². The lowest BCUT2D eigenvalue weighted by Gasteiger charge is -2.30. The third-order valence-corrected chi connectivity index (χ3v) is 16.6. The first-order chi connectivity index (χ1) is 13.9. The van der Waals surface area contributed by atoms with Gasteiger partial charge in [0, 0.05) is 9.79 Å². The molecule has 0 unspecified atom stereocenters. The highest BCUT2D eigenvalue weighted by Crippen LogP contribution is 2.34. The highest BCUT2D eigenvalue weighted by Gasteiger charge is 2.31. The summed E-state index contributed by atoms with van der Waals surface area (Å²) < 4.78 is 0. The van der Waals surface area contributed by atoms with Gasteiger partial charge in [-0.05, 0) is 47.0 Å². The molecule has 0 N–H and O–H groups in total. The van der Waals surface area contributed by atoms with Gasteiger partial charge in [-0.2, -0.15) is 0 Å². The summed E-state index contributed by atoms with van der Waals surface area (Å²) >= 11 is 4.06. The Balaban J connectivity index is 1.77. The smallest absolute Gasteiger partial charge is 0.0902 e. The fraction of sp³-hybridized carbons (Fsp3) is 0.280. The number of hydrogen-bond donors (Lipinski definition) is 0. The number of thioether (sulfide) groups is 2. The number of allylic oxidation sites excluding steroid dienone is 5. The molecule has 0 heterocycles. The van der Waals surface area contributed by atoms with Crippen molar-refractivity contribution in [3.63, 3.8) is 0 Å². The lowest BCUT2D eigenvalue weighted by molar-refractivity contribution is 1.29. The van der Waals surface area contributed by atoms with Gasteiger partial charge < -0.3 is 0 Å². The van der Waals surface area contributed by atoms with Crippen LogP contribution in [-0.2, 0) is 0 Å². The minimum atomic E-state index is -1.56. The number of hydrogen-bond acceptors (Lipinski definition) is 2. The van der Waals surface area contributed by atoms with Gasteiger partial charge in [-0.3, -0.25) is 0 Å². The molecule has 0 saturated carbocycles. The van der Waals surface area contributed by atoms with Crippen LogP contribution in [0.5, 0.6) is 0 Å². The van der Waals surface area contributed by atoms with Crippen LogP contribution >= 0.6 is 23.5 Å². The monoisotopic (exact) mass is 452 g/mol. The number of rotatable bonds is 9. The zero-order valence-electron chi connectivity index (χ0n) is 18.0. The molecule has 0 fully saturated rings. The standard InChI is InChI=1S/C25H32S2Si2/c1-28(2,20-26-23-15-7-5-8-16-23)19-25(22-13-11-12-14-22)29(3,4)21-27-24-17-9-6-10-18-24/h5-13,15-19H,14,20-21H2,1-4H3/b25-19+. The first-order valence-corrected chi connectivity index (χ1v) is 18.8. The zero-order valence-corrected chi connectivity index (χ0v) is 21.7. The summed E-state index contributed by atoms with van der Waals surface area (Å²) in [7, 11) is -3.03. The van der Waals surface area contributed by atoms with Gasteiger partial charge in [0.15, 0.2) is 0 Å². The Labute approximate surface area is 187 Å². The summed E-state index contributed by atoms with van der Waals surface area (Å²) in [6.07, 6.45) is 8.02. The fourth-order valence-electron chi connectivity index (χ4n) is 3.45. The molecule has 1 aliphatic carbocycles. The van der Waals surface area contributed by atoms with Crippen molar-refractivity contribution < 1.29 is 0 Å². The van der Waals surface area contributed by atoms with E-state index in [1.165, 1.54) is 20.5 Å². The van der Waals surface area contributed by atoms with Crippen LogP contribution in [-0.4, -0.2) is 26.9 Å². The van der Waals surface area contributed by atoms with E-state index in [0.29, 0.717) is 0 Å². The molecule has 0 amide bonds. The lowest BCUT2D eigenvalue weighted by Crippen LogP contribution is -2.38. The van der Waals surface area contributed by atoms with E-state index in [-0.39, 0.29) is 0 Å². The van der Waals surface area contributed by atoms with Crippen LogP contribution in [0.25, 0.3) is 0 Å². The van der Waals surface area contributed by atoms with Gasteiger partial charge in [0.25, 0.3) is 0 Å².